The Kier molecular flexibility index (Phi) is 32.7. The fraction of sp³-hybridized carbons (Fsp3) is 0.818. The van der Waals surface area contributed by atoms with E-state index >= 15 is 0 Å². The van der Waals surface area contributed by atoms with Gasteiger partial charge in [0.25, 0.3) is 0 Å². The predicted molar refractivity (Wildman–Crippen MR) is 223 cm³/mol. The zero-order valence-electron chi connectivity index (χ0n) is 35.2. The van der Waals surface area contributed by atoms with Crippen LogP contribution in [-0.4, -0.2) is 77.9 Å². The highest BCUT2D eigenvalue weighted by molar-refractivity contribution is 7.47. The first-order chi connectivity index (χ1) is 27.1. The summed E-state index contributed by atoms with van der Waals surface area (Å²) in [7, 11) is -4.64. The maximum absolute atomic E-state index is 12.6. The molecule has 0 aromatic carbocycles. The van der Waals surface area contributed by atoms with Crippen LogP contribution in [0, 0.1) is 5.92 Å². The largest absolute Gasteiger partial charge is 0.472 e. The molecule has 1 aliphatic rings. The maximum Gasteiger partial charge on any atom is 0.472 e. The van der Waals surface area contributed by atoms with E-state index in [1.165, 1.54) is 77.0 Å². The molecule has 5 atom stereocenters. The number of unbranched alkanes of at least 4 members (excludes halogenated alkanes) is 14. The molecule has 1 rings (SSSR count). The van der Waals surface area contributed by atoms with Crippen LogP contribution in [-0.2, 0) is 37.4 Å². The van der Waals surface area contributed by atoms with Crippen LogP contribution in [0.3, 0.4) is 0 Å². The number of aliphatic hydroxyl groups excluding tert-OH is 2. The third-order valence-corrected chi connectivity index (χ3v) is 10.6. The molecule has 0 radical (unpaired) electrons. The van der Waals surface area contributed by atoms with E-state index in [0.29, 0.717) is 12.8 Å². The summed E-state index contributed by atoms with van der Waals surface area (Å²) in [4.78, 5) is 35.1. The Bertz CT molecular complexity index is 1110. The van der Waals surface area contributed by atoms with Crippen molar-refractivity contribution in [3.8, 4) is 0 Å². The number of hydrogen-bond acceptors (Lipinski definition) is 10. The minimum absolute atomic E-state index is 0.116. The number of phosphoric acid groups is 1. The molecule has 1 heterocycles. The van der Waals surface area contributed by atoms with Crippen molar-refractivity contribution in [1.82, 2.24) is 0 Å². The van der Waals surface area contributed by atoms with Crippen molar-refractivity contribution in [2.45, 2.75) is 199 Å². The Morgan fingerprint density at radius 3 is 1.89 bits per heavy atom. The molecule has 1 saturated heterocycles. The Balaban J connectivity index is 2.30. The zero-order valence-corrected chi connectivity index (χ0v) is 36.1. The van der Waals surface area contributed by atoms with E-state index in [2.05, 4.69) is 61.8 Å². The number of ether oxygens (including phenoxy) is 3. The van der Waals surface area contributed by atoms with Gasteiger partial charge in [-0.15, -0.1) is 0 Å². The number of phosphoric ester groups is 1. The fourth-order valence-electron chi connectivity index (χ4n) is 6.15. The fourth-order valence-corrected chi connectivity index (χ4v) is 6.94. The highest BCUT2D eigenvalue weighted by Crippen LogP contribution is 2.43. The van der Waals surface area contributed by atoms with Crippen LogP contribution in [0.25, 0.3) is 0 Å². The molecule has 0 aromatic rings. The van der Waals surface area contributed by atoms with Crippen LogP contribution in [0.15, 0.2) is 36.5 Å². The van der Waals surface area contributed by atoms with Gasteiger partial charge in [-0.1, -0.05) is 147 Å². The van der Waals surface area contributed by atoms with Crippen LogP contribution in [0.4, 0.5) is 0 Å². The summed E-state index contributed by atoms with van der Waals surface area (Å²) in [6.45, 7) is 4.59. The molecule has 12 heteroatoms. The smallest absolute Gasteiger partial charge is 0.462 e. The monoisotopic (exact) mass is 815 g/mol. The average molecular weight is 815 g/mol. The van der Waals surface area contributed by atoms with Gasteiger partial charge < -0.3 is 29.3 Å². The second-order valence-electron chi connectivity index (χ2n) is 15.6. The van der Waals surface area contributed by atoms with Crippen LogP contribution in [0.5, 0.6) is 0 Å². The normalized spacial score (nSPS) is 17.9. The number of carbonyl (C=O) groups is 2. The van der Waals surface area contributed by atoms with Crippen LogP contribution in [0.1, 0.15) is 175 Å². The second kappa shape index (κ2) is 35.1. The first-order valence-corrected chi connectivity index (χ1v) is 23.4. The van der Waals surface area contributed by atoms with Crippen LogP contribution < -0.4 is 0 Å². The molecular weight excluding hydrogens is 735 g/mol. The lowest BCUT2D eigenvalue weighted by molar-refractivity contribution is -0.161. The minimum Gasteiger partial charge on any atom is -0.462 e. The number of epoxide rings is 1. The molecule has 3 unspecified atom stereocenters. The lowest BCUT2D eigenvalue weighted by Crippen LogP contribution is -2.29. The molecule has 1 fully saturated rings. The molecule has 0 spiro atoms. The van der Waals surface area contributed by atoms with Crippen molar-refractivity contribution >= 4 is 19.8 Å². The summed E-state index contributed by atoms with van der Waals surface area (Å²) in [6.07, 6.45) is 35.6. The van der Waals surface area contributed by atoms with Crippen LogP contribution >= 0.6 is 7.82 Å². The van der Waals surface area contributed by atoms with Gasteiger partial charge >= 0.3 is 19.8 Å². The summed E-state index contributed by atoms with van der Waals surface area (Å²) in [5.74, 6) is -0.197. The van der Waals surface area contributed by atoms with E-state index < -0.39 is 51.8 Å². The standard InChI is InChI=1S/C44H79O11P/c1-4-5-6-7-8-9-10-14-17-20-23-26-30-41-42(55-41)31-28-33-43(47)51-36-40(37-53-56(49,50)52-35-39(46)34-45)54-44(48)32-27-24-21-18-15-12-11-13-16-19-22-25-29-38(2)3/h8-9,14,17,23,26,38-42,45-46H,4-7,10-13,15-16,18-22,24-25,27-37H2,1-3H3,(H,49,50)/b9-8-,17-14-,26-23-/t39-,40+,41?,42?/m0/s1. The molecular formula is C44H79O11P. The number of aliphatic hydroxyl groups is 2. The van der Waals surface area contributed by atoms with Gasteiger partial charge in [-0.05, 0) is 57.3 Å². The molecule has 1 aliphatic heterocycles. The van der Waals surface area contributed by atoms with Gasteiger partial charge in [0.1, 0.15) is 12.7 Å². The van der Waals surface area contributed by atoms with Crippen molar-refractivity contribution in [3.63, 3.8) is 0 Å². The topological polar surface area (TPSA) is 161 Å². The Labute approximate surface area is 339 Å². The number of allylic oxidation sites excluding steroid dienone is 5. The summed E-state index contributed by atoms with van der Waals surface area (Å²) in [5.41, 5.74) is 0. The molecule has 326 valence electrons. The predicted octanol–water partition coefficient (Wildman–Crippen LogP) is 10.4. The number of esters is 2. The first kappa shape index (κ1) is 52.2. The summed E-state index contributed by atoms with van der Waals surface area (Å²) in [5, 5.41) is 18.3. The Morgan fingerprint density at radius 1 is 0.696 bits per heavy atom. The number of carbonyl (C=O) groups excluding carboxylic acids is 2. The minimum atomic E-state index is -4.64. The van der Waals surface area contributed by atoms with E-state index in [1.807, 2.05) is 0 Å². The SMILES string of the molecule is CCCCC/C=C\C/C=C\C/C=C\CC1OC1CCCC(=O)OC[C@H](COP(=O)(O)OC[C@@H](O)CO)OC(=O)CCCCCCCCCCCCCCC(C)C. The molecule has 0 saturated carbocycles. The summed E-state index contributed by atoms with van der Waals surface area (Å²) >= 11 is 0. The third kappa shape index (κ3) is 33.2. The molecule has 0 aromatic heterocycles. The molecule has 56 heavy (non-hydrogen) atoms. The van der Waals surface area contributed by atoms with Gasteiger partial charge in [-0.25, -0.2) is 4.57 Å². The quantitative estimate of drug-likeness (QED) is 0.0178. The summed E-state index contributed by atoms with van der Waals surface area (Å²) in [6, 6.07) is 0. The van der Waals surface area contributed by atoms with Gasteiger partial charge in [-0.2, -0.15) is 0 Å². The third-order valence-electron chi connectivity index (χ3n) is 9.65. The van der Waals surface area contributed by atoms with E-state index in [1.54, 1.807) is 0 Å². The average Bonchev–Trinajstić information content (AvgIpc) is 3.92. The van der Waals surface area contributed by atoms with E-state index in [4.69, 9.17) is 23.8 Å². The van der Waals surface area contributed by atoms with Gasteiger partial charge in [0.05, 0.1) is 32.0 Å². The lowest BCUT2D eigenvalue weighted by atomic mass is 10.0. The second-order valence-corrected chi connectivity index (χ2v) is 17.0. The number of hydrogen-bond donors (Lipinski definition) is 3. The summed E-state index contributed by atoms with van der Waals surface area (Å²) < 4.78 is 38.5. The highest BCUT2D eigenvalue weighted by Gasteiger charge is 2.36. The van der Waals surface area contributed by atoms with E-state index in [0.717, 1.165) is 57.3 Å². The van der Waals surface area contributed by atoms with Gasteiger partial charge in [0.2, 0.25) is 0 Å². The maximum atomic E-state index is 12.6. The van der Waals surface area contributed by atoms with Crippen molar-refractivity contribution < 1.29 is 52.5 Å². The Hall–Kier alpha value is -1.85. The Morgan fingerprint density at radius 2 is 1.27 bits per heavy atom. The molecule has 0 amide bonds. The highest BCUT2D eigenvalue weighted by atomic mass is 31.2. The van der Waals surface area contributed by atoms with Gasteiger partial charge in [-0.3, -0.25) is 18.6 Å². The van der Waals surface area contributed by atoms with Gasteiger partial charge in [0, 0.05) is 12.8 Å². The van der Waals surface area contributed by atoms with Crippen LogP contribution in [0.2, 0.25) is 0 Å². The molecule has 3 N–H and O–H groups in total. The molecule has 11 nitrogen and oxygen atoms in total. The van der Waals surface area contributed by atoms with E-state index in [-0.39, 0.29) is 31.7 Å². The first-order valence-electron chi connectivity index (χ1n) is 21.9. The van der Waals surface area contributed by atoms with Crippen molar-refractivity contribution in [2.24, 2.45) is 5.92 Å². The van der Waals surface area contributed by atoms with Gasteiger partial charge in [0.15, 0.2) is 6.10 Å². The lowest BCUT2D eigenvalue weighted by Gasteiger charge is -2.20. The van der Waals surface area contributed by atoms with Crippen molar-refractivity contribution in [1.29, 1.82) is 0 Å². The molecule has 0 bridgehead atoms. The van der Waals surface area contributed by atoms with E-state index in [9.17, 15) is 24.2 Å². The molecule has 0 aliphatic carbocycles. The van der Waals surface area contributed by atoms with Crippen molar-refractivity contribution in [2.75, 3.05) is 26.4 Å². The zero-order chi connectivity index (χ0) is 41.1. The van der Waals surface area contributed by atoms with Crippen molar-refractivity contribution in [3.05, 3.63) is 36.5 Å². The number of rotatable bonds is 39.